The number of methoxy groups -OCH3 is 1. The van der Waals surface area contributed by atoms with Gasteiger partial charge in [0.1, 0.15) is 10.8 Å². The molecule has 0 aliphatic rings. The first kappa shape index (κ1) is 17.9. The van der Waals surface area contributed by atoms with Gasteiger partial charge in [0.05, 0.1) is 23.0 Å². The minimum atomic E-state index is -0.198. The highest BCUT2D eigenvalue weighted by molar-refractivity contribution is 7.21. The van der Waals surface area contributed by atoms with E-state index in [1.54, 1.807) is 24.5 Å². The van der Waals surface area contributed by atoms with E-state index in [0.29, 0.717) is 0 Å². The van der Waals surface area contributed by atoms with Gasteiger partial charge in [-0.15, -0.1) is 11.3 Å². The van der Waals surface area contributed by atoms with Crippen molar-refractivity contribution in [1.29, 1.82) is 0 Å². The number of nitrogens with one attached hydrogen (secondary N) is 1. The SMILES string of the molecule is COc1cccc(/C=C/C(=O)Nc2ccccc2-c2nc3ccccc3s2)c1. The molecular formula is C23H18N2O2S. The lowest BCUT2D eigenvalue weighted by atomic mass is 10.1. The highest BCUT2D eigenvalue weighted by atomic mass is 32.1. The Labute approximate surface area is 167 Å². The molecule has 0 atom stereocenters. The summed E-state index contributed by atoms with van der Waals surface area (Å²) in [4.78, 5) is 17.1. The van der Waals surface area contributed by atoms with Gasteiger partial charge in [0.15, 0.2) is 0 Å². The smallest absolute Gasteiger partial charge is 0.248 e. The third-order valence-corrected chi connectivity index (χ3v) is 5.30. The standard InChI is InChI=1S/C23H18N2O2S/c1-27-17-8-6-7-16(15-17)13-14-22(26)24-19-10-3-2-9-18(19)23-25-20-11-4-5-12-21(20)28-23/h2-15H,1H3,(H,24,26)/b14-13+. The number of thiazole rings is 1. The maximum Gasteiger partial charge on any atom is 0.248 e. The van der Waals surface area contributed by atoms with Gasteiger partial charge in [-0.3, -0.25) is 4.79 Å². The average molecular weight is 386 g/mol. The van der Waals surface area contributed by atoms with Crippen LogP contribution in [0, 0.1) is 0 Å². The molecule has 0 saturated heterocycles. The van der Waals surface area contributed by atoms with E-state index in [9.17, 15) is 4.79 Å². The van der Waals surface area contributed by atoms with Gasteiger partial charge >= 0.3 is 0 Å². The van der Waals surface area contributed by atoms with E-state index in [1.807, 2.05) is 66.7 Å². The van der Waals surface area contributed by atoms with Crippen LogP contribution in [0.15, 0.2) is 78.9 Å². The predicted molar refractivity (Wildman–Crippen MR) is 116 cm³/mol. The Hall–Kier alpha value is -3.44. The van der Waals surface area contributed by atoms with Crippen LogP contribution >= 0.6 is 11.3 Å². The quantitative estimate of drug-likeness (QED) is 0.453. The first-order valence-corrected chi connectivity index (χ1v) is 9.63. The zero-order valence-electron chi connectivity index (χ0n) is 15.3. The normalized spacial score (nSPS) is 11.0. The largest absolute Gasteiger partial charge is 0.497 e. The van der Waals surface area contributed by atoms with Gasteiger partial charge < -0.3 is 10.1 Å². The van der Waals surface area contributed by atoms with E-state index in [1.165, 1.54) is 6.08 Å². The molecule has 28 heavy (non-hydrogen) atoms. The molecule has 4 nitrogen and oxygen atoms in total. The molecule has 0 aliphatic heterocycles. The number of aromatic nitrogens is 1. The molecule has 0 unspecified atom stereocenters. The van der Waals surface area contributed by atoms with Crippen LogP contribution in [0.4, 0.5) is 5.69 Å². The summed E-state index contributed by atoms with van der Waals surface area (Å²) in [6.45, 7) is 0. The molecule has 0 aliphatic carbocycles. The maximum absolute atomic E-state index is 12.4. The zero-order valence-corrected chi connectivity index (χ0v) is 16.1. The second-order valence-corrected chi connectivity index (χ2v) is 7.16. The molecule has 0 saturated carbocycles. The molecule has 5 heteroatoms. The van der Waals surface area contributed by atoms with Crippen LogP contribution in [0.2, 0.25) is 0 Å². The van der Waals surface area contributed by atoms with Crippen molar-refractivity contribution in [2.24, 2.45) is 0 Å². The minimum Gasteiger partial charge on any atom is -0.497 e. The fourth-order valence-corrected chi connectivity index (χ4v) is 3.86. The summed E-state index contributed by atoms with van der Waals surface area (Å²) in [5, 5.41) is 3.85. The molecule has 0 bridgehead atoms. The van der Waals surface area contributed by atoms with Crippen LogP contribution in [0.3, 0.4) is 0 Å². The van der Waals surface area contributed by atoms with Crippen molar-refractivity contribution >= 4 is 39.2 Å². The Morgan fingerprint density at radius 3 is 2.71 bits per heavy atom. The van der Waals surface area contributed by atoms with Gasteiger partial charge in [-0.05, 0) is 48.0 Å². The molecule has 4 aromatic rings. The number of rotatable bonds is 5. The van der Waals surface area contributed by atoms with Crippen molar-refractivity contribution in [2.75, 3.05) is 12.4 Å². The molecule has 0 fully saturated rings. The molecule has 1 N–H and O–H groups in total. The number of carbonyl (C=O) groups is 1. The van der Waals surface area contributed by atoms with Crippen molar-refractivity contribution in [2.45, 2.75) is 0 Å². The minimum absolute atomic E-state index is 0.198. The maximum atomic E-state index is 12.4. The van der Waals surface area contributed by atoms with Gasteiger partial charge in [-0.25, -0.2) is 4.98 Å². The van der Waals surface area contributed by atoms with Gasteiger partial charge in [0.25, 0.3) is 0 Å². The Morgan fingerprint density at radius 1 is 1.04 bits per heavy atom. The van der Waals surface area contributed by atoms with E-state index >= 15 is 0 Å². The van der Waals surface area contributed by atoms with Crippen LogP contribution in [0.25, 0.3) is 26.9 Å². The zero-order chi connectivity index (χ0) is 19.3. The number of para-hydroxylation sites is 2. The summed E-state index contributed by atoms with van der Waals surface area (Å²) in [7, 11) is 1.62. The summed E-state index contributed by atoms with van der Waals surface area (Å²) in [6, 6.07) is 23.3. The Bertz CT molecular complexity index is 1130. The Morgan fingerprint density at radius 2 is 1.86 bits per heavy atom. The van der Waals surface area contributed by atoms with E-state index in [0.717, 1.165) is 37.8 Å². The number of carbonyl (C=O) groups excluding carboxylic acids is 1. The van der Waals surface area contributed by atoms with E-state index in [-0.39, 0.29) is 5.91 Å². The molecule has 1 aromatic heterocycles. The van der Waals surface area contributed by atoms with Crippen LogP contribution < -0.4 is 10.1 Å². The topological polar surface area (TPSA) is 51.2 Å². The molecule has 3 aromatic carbocycles. The third kappa shape index (κ3) is 3.94. The number of anilines is 1. The fraction of sp³-hybridized carbons (Fsp3) is 0.0435. The summed E-state index contributed by atoms with van der Waals surface area (Å²) >= 11 is 1.61. The third-order valence-electron chi connectivity index (χ3n) is 4.23. The number of amides is 1. The molecule has 1 heterocycles. The van der Waals surface area contributed by atoms with E-state index < -0.39 is 0 Å². The average Bonchev–Trinajstić information content (AvgIpc) is 3.17. The summed E-state index contributed by atoms with van der Waals surface area (Å²) in [6.07, 6.45) is 3.28. The number of hydrogen-bond donors (Lipinski definition) is 1. The molecule has 0 radical (unpaired) electrons. The van der Waals surface area contributed by atoms with Crippen LogP contribution in [-0.2, 0) is 4.79 Å². The van der Waals surface area contributed by atoms with E-state index in [4.69, 9.17) is 9.72 Å². The first-order chi connectivity index (χ1) is 13.7. The molecule has 0 spiro atoms. The van der Waals surface area contributed by atoms with Crippen LogP contribution in [-0.4, -0.2) is 18.0 Å². The molecular weight excluding hydrogens is 368 g/mol. The van der Waals surface area contributed by atoms with Gasteiger partial charge in [-0.2, -0.15) is 0 Å². The highest BCUT2D eigenvalue weighted by Gasteiger charge is 2.11. The number of ether oxygens (including phenoxy) is 1. The number of benzene rings is 3. The van der Waals surface area contributed by atoms with Gasteiger partial charge in [0.2, 0.25) is 5.91 Å². The number of fused-ring (bicyclic) bond motifs is 1. The van der Waals surface area contributed by atoms with Crippen LogP contribution in [0.1, 0.15) is 5.56 Å². The summed E-state index contributed by atoms with van der Waals surface area (Å²) in [5.41, 5.74) is 3.50. The van der Waals surface area contributed by atoms with Gasteiger partial charge in [-0.1, -0.05) is 36.4 Å². The monoisotopic (exact) mass is 386 g/mol. The lowest BCUT2D eigenvalue weighted by Crippen LogP contribution is -2.08. The van der Waals surface area contributed by atoms with Crippen LogP contribution in [0.5, 0.6) is 5.75 Å². The predicted octanol–water partition coefficient (Wildman–Crippen LogP) is 5.62. The lowest BCUT2D eigenvalue weighted by molar-refractivity contribution is -0.111. The van der Waals surface area contributed by atoms with E-state index in [2.05, 4.69) is 11.4 Å². The van der Waals surface area contributed by atoms with Crippen molar-refractivity contribution in [1.82, 2.24) is 4.98 Å². The van der Waals surface area contributed by atoms with Crippen molar-refractivity contribution < 1.29 is 9.53 Å². The van der Waals surface area contributed by atoms with Gasteiger partial charge in [0, 0.05) is 11.6 Å². The van der Waals surface area contributed by atoms with Crippen molar-refractivity contribution in [3.8, 4) is 16.3 Å². The van der Waals surface area contributed by atoms with Crippen molar-refractivity contribution in [3.05, 3.63) is 84.4 Å². The number of nitrogens with zero attached hydrogens (tertiary/aromatic N) is 1. The summed E-state index contributed by atoms with van der Waals surface area (Å²) < 4.78 is 6.33. The summed E-state index contributed by atoms with van der Waals surface area (Å²) in [5.74, 6) is 0.556. The fourth-order valence-electron chi connectivity index (χ4n) is 2.86. The highest BCUT2D eigenvalue weighted by Crippen LogP contribution is 2.34. The Balaban J connectivity index is 1.56. The lowest BCUT2D eigenvalue weighted by Gasteiger charge is -2.07. The second kappa shape index (κ2) is 8.06. The second-order valence-electron chi connectivity index (χ2n) is 6.13. The molecule has 4 rings (SSSR count). The number of hydrogen-bond acceptors (Lipinski definition) is 4. The van der Waals surface area contributed by atoms with Crippen molar-refractivity contribution in [3.63, 3.8) is 0 Å². The first-order valence-electron chi connectivity index (χ1n) is 8.81. The Kier molecular flexibility index (Phi) is 5.17. The molecule has 138 valence electrons. The molecule has 1 amide bonds.